The molecular weight excluding hydrogens is 266 g/mol. The zero-order chi connectivity index (χ0) is 14.2. The van der Waals surface area contributed by atoms with Crippen molar-refractivity contribution >= 4 is 17.7 Å². The number of hydrogen-bond donors (Lipinski definition) is 1. The van der Waals surface area contributed by atoms with Gasteiger partial charge in [0.25, 0.3) is 5.91 Å². The Morgan fingerprint density at radius 2 is 1.80 bits per heavy atom. The van der Waals surface area contributed by atoms with Crippen LogP contribution in [0.4, 0.5) is 0 Å². The van der Waals surface area contributed by atoms with Crippen LogP contribution in [0.3, 0.4) is 0 Å². The first kappa shape index (κ1) is 14.2. The van der Waals surface area contributed by atoms with Gasteiger partial charge in [0.1, 0.15) is 0 Å². The molecule has 0 aliphatic carbocycles. The van der Waals surface area contributed by atoms with Gasteiger partial charge in [-0.3, -0.25) is 4.79 Å². The molecule has 20 heavy (non-hydrogen) atoms. The first-order valence-electron chi connectivity index (χ1n) is 6.28. The predicted octanol–water partition coefficient (Wildman–Crippen LogP) is 3.34. The van der Waals surface area contributed by atoms with Gasteiger partial charge in [-0.1, -0.05) is 36.3 Å². The average Bonchev–Trinajstić information content (AvgIpc) is 2.52. The molecule has 0 aromatic heterocycles. The SMILES string of the molecule is C#CCNC(=O)c1ccc(SCc2ccccc2)cc1. The highest BCUT2D eigenvalue weighted by molar-refractivity contribution is 7.98. The van der Waals surface area contributed by atoms with Crippen molar-refractivity contribution in [3.63, 3.8) is 0 Å². The van der Waals surface area contributed by atoms with E-state index in [1.165, 1.54) is 5.56 Å². The monoisotopic (exact) mass is 281 g/mol. The minimum absolute atomic E-state index is 0.137. The van der Waals surface area contributed by atoms with Crippen LogP contribution in [-0.4, -0.2) is 12.5 Å². The van der Waals surface area contributed by atoms with E-state index < -0.39 is 0 Å². The molecule has 0 bridgehead atoms. The van der Waals surface area contributed by atoms with Gasteiger partial charge in [-0.15, -0.1) is 18.2 Å². The second-order valence-corrected chi connectivity index (χ2v) is 5.23. The number of carbonyl (C=O) groups excluding carboxylic acids is 1. The molecular formula is C17H15NOS. The second kappa shape index (κ2) is 7.42. The Labute approximate surface area is 123 Å². The van der Waals surface area contributed by atoms with Crippen LogP contribution in [0.25, 0.3) is 0 Å². The Morgan fingerprint density at radius 3 is 2.45 bits per heavy atom. The van der Waals surface area contributed by atoms with Crippen molar-refractivity contribution in [2.45, 2.75) is 10.6 Å². The van der Waals surface area contributed by atoms with E-state index in [-0.39, 0.29) is 12.5 Å². The summed E-state index contributed by atoms with van der Waals surface area (Å²) in [4.78, 5) is 12.8. The van der Waals surface area contributed by atoms with Crippen LogP contribution in [0.5, 0.6) is 0 Å². The van der Waals surface area contributed by atoms with E-state index >= 15 is 0 Å². The fraction of sp³-hybridized carbons (Fsp3) is 0.118. The van der Waals surface area contributed by atoms with Gasteiger partial charge in [-0.25, -0.2) is 0 Å². The molecule has 0 saturated heterocycles. The maximum absolute atomic E-state index is 11.7. The number of nitrogens with one attached hydrogen (secondary N) is 1. The minimum atomic E-state index is -0.137. The molecule has 0 saturated carbocycles. The molecule has 1 N–H and O–H groups in total. The summed E-state index contributed by atoms with van der Waals surface area (Å²) in [7, 11) is 0. The number of amides is 1. The van der Waals surface area contributed by atoms with E-state index in [2.05, 4.69) is 23.4 Å². The summed E-state index contributed by atoms with van der Waals surface area (Å²) in [5.74, 6) is 3.17. The van der Waals surface area contributed by atoms with Crippen molar-refractivity contribution in [2.24, 2.45) is 0 Å². The van der Waals surface area contributed by atoms with Crippen molar-refractivity contribution in [3.8, 4) is 12.3 Å². The summed E-state index contributed by atoms with van der Waals surface area (Å²) < 4.78 is 0. The van der Waals surface area contributed by atoms with Crippen LogP contribution >= 0.6 is 11.8 Å². The van der Waals surface area contributed by atoms with E-state index in [1.54, 1.807) is 11.8 Å². The van der Waals surface area contributed by atoms with E-state index in [4.69, 9.17) is 6.42 Å². The lowest BCUT2D eigenvalue weighted by Crippen LogP contribution is -2.23. The molecule has 0 aliphatic rings. The molecule has 0 aliphatic heterocycles. The van der Waals surface area contributed by atoms with Crippen molar-refractivity contribution in [3.05, 3.63) is 65.7 Å². The van der Waals surface area contributed by atoms with Gasteiger partial charge in [-0.05, 0) is 29.8 Å². The molecule has 3 heteroatoms. The number of terminal acetylenes is 1. The fourth-order valence-electron chi connectivity index (χ4n) is 1.68. The third-order valence-corrected chi connectivity index (χ3v) is 3.80. The topological polar surface area (TPSA) is 29.1 Å². The standard InChI is InChI=1S/C17H15NOS/c1-2-12-18-17(19)15-8-10-16(11-9-15)20-13-14-6-4-3-5-7-14/h1,3-11H,12-13H2,(H,18,19). The summed E-state index contributed by atoms with van der Waals surface area (Å²) in [6.07, 6.45) is 5.11. The summed E-state index contributed by atoms with van der Waals surface area (Å²) in [5.41, 5.74) is 1.91. The third kappa shape index (κ3) is 4.18. The normalized spacial score (nSPS) is 9.75. The second-order valence-electron chi connectivity index (χ2n) is 4.19. The van der Waals surface area contributed by atoms with Crippen LogP contribution in [0.2, 0.25) is 0 Å². The number of carbonyl (C=O) groups is 1. The highest BCUT2D eigenvalue weighted by atomic mass is 32.2. The average molecular weight is 281 g/mol. The Kier molecular flexibility index (Phi) is 5.28. The highest BCUT2D eigenvalue weighted by Crippen LogP contribution is 2.22. The summed E-state index contributed by atoms with van der Waals surface area (Å²) in [5, 5.41) is 2.64. The van der Waals surface area contributed by atoms with Gasteiger partial charge >= 0.3 is 0 Å². The molecule has 2 aromatic rings. The number of benzene rings is 2. The zero-order valence-electron chi connectivity index (χ0n) is 11.0. The van der Waals surface area contributed by atoms with E-state index in [0.29, 0.717) is 5.56 Å². The Balaban J connectivity index is 1.92. The molecule has 2 nitrogen and oxygen atoms in total. The van der Waals surface area contributed by atoms with E-state index in [1.807, 2.05) is 42.5 Å². The predicted molar refractivity (Wildman–Crippen MR) is 83.6 cm³/mol. The fourth-order valence-corrected chi connectivity index (χ4v) is 2.53. The molecule has 0 radical (unpaired) electrons. The van der Waals surface area contributed by atoms with E-state index in [9.17, 15) is 4.79 Å². The van der Waals surface area contributed by atoms with Gasteiger partial charge in [0.2, 0.25) is 0 Å². The molecule has 0 spiro atoms. The summed E-state index contributed by atoms with van der Waals surface area (Å²) >= 11 is 1.75. The van der Waals surface area contributed by atoms with Crippen molar-refractivity contribution in [1.82, 2.24) is 5.32 Å². The van der Waals surface area contributed by atoms with Gasteiger partial charge in [0.05, 0.1) is 6.54 Å². The zero-order valence-corrected chi connectivity index (χ0v) is 11.8. The van der Waals surface area contributed by atoms with Crippen LogP contribution in [-0.2, 0) is 5.75 Å². The molecule has 0 fully saturated rings. The molecule has 0 atom stereocenters. The van der Waals surface area contributed by atoms with Gasteiger partial charge in [0, 0.05) is 16.2 Å². The van der Waals surface area contributed by atoms with Gasteiger partial charge < -0.3 is 5.32 Å². The Bertz CT molecular complexity index is 599. The number of hydrogen-bond acceptors (Lipinski definition) is 2. The highest BCUT2D eigenvalue weighted by Gasteiger charge is 2.04. The third-order valence-electron chi connectivity index (χ3n) is 2.72. The molecule has 0 unspecified atom stereocenters. The largest absolute Gasteiger partial charge is 0.341 e. The number of rotatable bonds is 5. The lowest BCUT2D eigenvalue weighted by Gasteiger charge is -2.04. The van der Waals surface area contributed by atoms with Crippen molar-refractivity contribution in [1.29, 1.82) is 0 Å². The molecule has 2 rings (SSSR count). The van der Waals surface area contributed by atoms with E-state index in [0.717, 1.165) is 10.6 Å². The lowest BCUT2D eigenvalue weighted by atomic mass is 10.2. The first-order valence-corrected chi connectivity index (χ1v) is 7.26. The van der Waals surface area contributed by atoms with Crippen LogP contribution < -0.4 is 5.32 Å². The molecule has 100 valence electrons. The lowest BCUT2D eigenvalue weighted by molar-refractivity contribution is 0.0958. The number of thioether (sulfide) groups is 1. The van der Waals surface area contributed by atoms with Crippen LogP contribution in [0.15, 0.2) is 59.5 Å². The van der Waals surface area contributed by atoms with Crippen molar-refractivity contribution < 1.29 is 4.79 Å². The molecule has 2 aromatic carbocycles. The maximum atomic E-state index is 11.7. The smallest absolute Gasteiger partial charge is 0.252 e. The van der Waals surface area contributed by atoms with Gasteiger partial charge in [-0.2, -0.15) is 0 Å². The quantitative estimate of drug-likeness (QED) is 0.672. The van der Waals surface area contributed by atoms with Crippen LogP contribution in [0, 0.1) is 12.3 Å². The van der Waals surface area contributed by atoms with Gasteiger partial charge in [0.15, 0.2) is 0 Å². The molecule has 1 amide bonds. The Morgan fingerprint density at radius 1 is 1.10 bits per heavy atom. The van der Waals surface area contributed by atoms with Crippen molar-refractivity contribution in [2.75, 3.05) is 6.54 Å². The maximum Gasteiger partial charge on any atom is 0.252 e. The summed E-state index contributed by atoms with van der Waals surface area (Å²) in [6.45, 7) is 0.253. The summed E-state index contributed by atoms with van der Waals surface area (Å²) in [6, 6.07) is 17.8. The first-order chi connectivity index (χ1) is 9.79. The minimum Gasteiger partial charge on any atom is -0.341 e. The molecule has 0 heterocycles. The van der Waals surface area contributed by atoms with Crippen LogP contribution in [0.1, 0.15) is 15.9 Å². The Hall–Kier alpha value is -2.18.